The van der Waals surface area contributed by atoms with E-state index in [4.69, 9.17) is 0 Å². The molecule has 1 aliphatic heterocycles. The van der Waals surface area contributed by atoms with E-state index in [1.165, 1.54) is 5.56 Å². The molecule has 1 fully saturated rings. The molecule has 2 aromatic rings. The molecule has 2 heterocycles. The van der Waals surface area contributed by atoms with E-state index in [1.807, 2.05) is 35.2 Å². The van der Waals surface area contributed by atoms with E-state index in [-0.39, 0.29) is 12.1 Å². The topological polar surface area (TPSA) is 45.2 Å². The molecule has 0 radical (unpaired) electrons. The number of carbonyl (C=O) groups is 1. The van der Waals surface area contributed by atoms with Crippen LogP contribution in [0.2, 0.25) is 0 Å². The molecule has 0 bridgehead atoms. The van der Waals surface area contributed by atoms with Crippen molar-refractivity contribution in [3.8, 4) is 0 Å². The summed E-state index contributed by atoms with van der Waals surface area (Å²) < 4.78 is 0. The van der Waals surface area contributed by atoms with Crippen LogP contribution in [-0.4, -0.2) is 28.5 Å². The first kappa shape index (κ1) is 13.6. The summed E-state index contributed by atoms with van der Waals surface area (Å²) >= 11 is 0. The Morgan fingerprint density at radius 1 is 1.19 bits per heavy atom. The van der Waals surface area contributed by atoms with E-state index in [9.17, 15) is 4.79 Å². The van der Waals surface area contributed by atoms with Gasteiger partial charge in [-0.15, -0.1) is 0 Å². The van der Waals surface area contributed by atoms with Crippen molar-refractivity contribution in [1.29, 1.82) is 0 Å². The molecule has 3 rings (SSSR count). The van der Waals surface area contributed by atoms with Crippen molar-refractivity contribution in [2.75, 3.05) is 11.9 Å². The van der Waals surface area contributed by atoms with Gasteiger partial charge in [0.05, 0.1) is 0 Å². The molecule has 21 heavy (non-hydrogen) atoms. The molecule has 1 aromatic heterocycles. The maximum Gasteiger partial charge on any atom is 0.323 e. The van der Waals surface area contributed by atoms with Gasteiger partial charge < -0.3 is 4.90 Å². The molecular weight excluding hydrogens is 262 g/mol. The first-order valence-corrected chi connectivity index (χ1v) is 7.35. The molecule has 0 aliphatic carbocycles. The lowest BCUT2D eigenvalue weighted by atomic mass is 10.0. The Hall–Kier alpha value is -2.36. The minimum atomic E-state index is -0.0490. The van der Waals surface area contributed by atoms with Gasteiger partial charge in [0, 0.05) is 18.8 Å². The van der Waals surface area contributed by atoms with Gasteiger partial charge in [0.15, 0.2) is 0 Å². The number of anilines is 1. The number of rotatable bonds is 3. The number of nitrogens with one attached hydrogen (secondary N) is 1. The molecule has 4 heteroatoms. The predicted molar refractivity (Wildman–Crippen MR) is 83.1 cm³/mol. The molecule has 1 atom stereocenters. The highest BCUT2D eigenvalue weighted by Gasteiger charge is 2.28. The zero-order valence-electron chi connectivity index (χ0n) is 11.9. The Balaban J connectivity index is 1.65. The van der Waals surface area contributed by atoms with Crippen LogP contribution >= 0.6 is 0 Å². The molecule has 1 saturated heterocycles. The van der Waals surface area contributed by atoms with Crippen LogP contribution in [0.25, 0.3) is 0 Å². The van der Waals surface area contributed by atoms with Gasteiger partial charge in [-0.3, -0.25) is 5.32 Å². The average Bonchev–Trinajstić information content (AvgIpc) is 2.97. The summed E-state index contributed by atoms with van der Waals surface area (Å²) in [7, 11) is 0. The number of nitrogens with zero attached hydrogens (tertiary/aromatic N) is 2. The van der Waals surface area contributed by atoms with Gasteiger partial charge in [-0.05, 0) is 37.0 Å². The van der Waals surface area contributed by atoms with E-state index < -0.39 is 0 Å². The fourth-order valence-electron chi connectivity index (χ4n) is 2.82. The second kappa shape index (κ2) is 6.39. The number of carbonyl (C=O) groups excluding carboxylic acids is 1. The summed E-state index contributed by atoms with van der Waals surface area (Å²) in [6, 6.07) is 16.1. The Labute approximate surface area is 124 Å². The average molecular weight is 281 g/mol. The largest absolute Gasteiger partial charge is 0.323 e. The molecule has 0 saturated carbocycles. The second-order valence-corrected chi connectivity index (χ2v) is 5.32. The Morgan fingerprint density at radius 2 is 2.00 bits per heavy atom. The summed E-state index contributed by atoms with van der Waals surface area (Å²) in [4.78, 5) is 18.5. The van der Waals surface area contributed by atoms with Gasteiger partial charge in [0.25, 0.3) is 0 Å². The maximum absolute atomic E-state index is 12.4. The van der Waals surface area contributed by atoms with Crippen LogP contribution in [0.3, 0.4) is 0 Å². The summed E-state index contributed by atoms with van der Waals surface area (Å²) in [5, 5.41) is 2.88. The normalized spacial score (nSPS) is 17.7. The van der Waals surface area contributed by atoms with Gasteiger partial charge in [0.1, 0.15) is 5.82 Å². The van der Waals surface area contributed by atoms with Crippen LogP contribution < -0.4 is 5.32 Å². The van der Waals surface area contributed by atoms with Crippen LogP contribution in [0.1, 0.15) is 18.4 Å². The number of hydrogen-bond acceptors (Lipinski definition) is 2. The summed E-state index contributed by atoms with van der Waals surface area (Å²) in [5.74, 6) is 0.605. The van der Waals surface area contributed by atoms with E-state index in [1.54, 1.807) is 12.3 Å². The highest BCUT2D eigenvalue weighted by atomic mass is 16.2. The second-order valence-electron chi connectivity index (χ2n) is 5.32. The van der Waals surface area contributed by atoms with Gasteiger partial charge >= 0.3 is 6.03 Å². The summed E-state index contributed by atoms with van der Waals surface area (Å²) in [5.41, 5.74) is 1.28. The van der Waals surface area contributed by atoms with Gasteiger partial charge in [-0.25, -0.2) is 9.78 Å². The Bertz CT molecular complexity index is 585. The van der Waals surface area contributed by atoms with E-state index >= 15 is 0 Å². The minimum Gasteiger partial charge on any atom is -0.321 e. The third-order valence-corrected chi connectivity index (χ3v) is 3.85. The van der Waals surface area contributed by atoms with Gasteiger partial charge in [-0.2, -0.15) is 0 Å². The zero-order chi connectivity index (χ0) is 14.5. The predicted octanol–water partition coefficient (Wildman–Crippen LogP) is 3.32. The van der Waals surface area contributed by atoms with Crippen molar-refractivity contribution >= 4 is 11.8 Å². The number of likely N-dealkylation sites (tertiary alicyclic amines) is 1. The molecular formula is C17H19N3O. The maximum atomic E-state index is 12.4. The van der Waals surface area contributed by atoms with Gasteiger partial charge in [-0.1, -0.05) is 36.4 Å². The molecule has 108 valence electrons. The first-order chi connectivity index (χ1) is 10.3. The Kier molecular flexibility index (Phi) is 4.15. The Morgan fingerprint density at radius 3 is 2.76 bits per heavy atom. The summed E-state index contributed by atoms with van der Waals surface area (Å²) in [6.07, 6.45) is 4.72. The molecule has 0 spiro atoms. The molecule has 2 amide bonds. The number of pyridine rings is 1. The highest BCUT2D eigenvalue weighted by molar-refractivity contribution is 5.88. The molecule has 4 nitrogen and oxygen atoms in total. The van der Waals surface area contributed by atoms with E-state index in [0.717, 1.165) is 25.8 Å². The van der Waals surface area contributed by atoms with E-state index in [2.05, 4.69) is 22.4 Å². The van der Waals surface area contributed by atoms with Gasteiger partial charge in [0.2, 0.25) is 0 Å². The van der Waals surface area contributed by atoms with Crippen molar-refractivity contribution in [2.24, 2.45) is 0 Å². The molecule has 0 unspecified atom stereocenters. The number of amides is 2. The quantitative estimate of drug-likeness (QED) is 0.938. The lowest BCUT2D eigenvalue weighted by Crippen LogP contribution is -2.39. The lowest BCUT2D eigenvalue weighted by molar-refractivity contribution is 0.206. The summed E-state index contributed by atoms with van der Waals surface area (Å²) in [6.45, 7) is 0.816. The smallest absolute Gasteiger partial charge is 0.321 e. The third kappa shape index (κ3) is 3.40. The zero-order valence-corrected chi connectivity index (χ0v) is 11.9. The minimum absolute atomic E-state index is 0.0490. The fourth-order valence-corrected chi connectivity index (χ4v) is 2.82. The number of urea groups is 1. The van der Waals surface area contributed by atoms with Crippen molar-refractivity contribution < 1.29 is 4.79 Å². The number of hydrogen-bond donors (Lipinski definition) is 1. The highest BCUT2D eigenvalue weighted by Crippen LogP contribution is 2.22. The lowest BCUT2D eigenvalue weighted by Gasteiger charge is -2.25. The number of benzene rings is 1. The molecule has 1 aromatic carbocycles. The van der Waals surface area contributed by atoms with Crippen LogP contribution in [0.5, 0.6) is 0 Å². The standard InChI is InChI=1S/C17H19N3O/c21-17(19-16-10-4-5-11-18-16)20-12-6-9-15(20)13-14-7-2-1-3-8-14/h1-5,7-8,10-11,15H,6,9,12-13H2,(H,18,19,21)/t15-/m1/s1. The van der Waals surface area contributed by atoms with Crippen molar-refractivity contribution in [1.82, 2.24) is 9.88 Å². The monoisotopic (exact) mass is 281 g/mol. The molecule has 1 N–H and O–H groups in total. The van der Waals surface area contributed by atoms with Crippen LogP contribution in [0.4, 0.5) is 10.6 Å². The van der Waals surface area contributed by atoms with E-state index in [0.29, 0.717) is 5.82 Å². The molecule has 1 aliphatic rings. The van der Waals surface area contributed by atoms with Crippen molar-refractivity contribution in [2.45, 2.75) is 25.3 Å². The fraction of sp³-hybridized carbons (Fsp3) is 0.294. The first-order valence-electron chi connectivity index (χ1n) is 7.35. The number of aromatic nitrogens is 1. The van der Waals surface area contributed by atoms with Crippen LogP contribution in [-0.2, 0) is 6.42 Å². The van der Waals surface area contributed by atoms with Crippen LogP contribution in [0.15, 0.2) is 54.7 Å². The third-order valence-electron chi connectivity index (χ3n) is 3.85. The van der Waals surface area contributed by atoms with Crippen LogP contribution in [0, 0.1) is 0 Å². The van der Waals surface area contributed by atoms with Crippen molar-refractivity contribution in [3.05, 3.63) is 60.3 Å². The van der Waals surface area contributed by atoms with Crippen molar-refractivity contribution in [3.63, 3.8) is 0 Å². The SMILES string of the molecule is O=C(Nc1ccccn1)N1CCC[C@@H]1Cc1ccccc1.